The van der Waals surface area contributed by atoms with Gasteiger partial charge in [-0.25, -0.2) is 9.78 Å². The van der Waals surface area contributed by atoms with E-state index in [1.54, 1.807) is 31.2 Å². The Morgan fingerprint density at radius 2 is 1.86 bits per heavy atom. The molecule has 2 aromatic carbocycles. The number of hydrogen-bond acceptors (Lipinski definition) is 9. The molecule has 0 bridgehead atoms. The Morgan fingerprint density at radius 1 is 1.09 bits per heavy atom. The summed E-state index contributed by atoms with van der Waals surface area (Å²) in [6.07, 6.45) is 3.35. The molecule has 2 aromatic heterocycles. The van der Waals surface area contributed by atoms with Crippen LogP contribution < -0.4 is 19.8 Å². The van der Waals surface area contributed by atoms with Crippen molar-refractivity contribution >= 4 is 39.3 Å². The number of fused-ring (bicyclic) bond motifs is 2. The van der Waals surface area contributed by atoms with Crippen LogP contribution in [0.5, 0.6) is 11.5 Å². The van der Waals surface area contributed by atoms with Gasteiger partial charge in [-0.05, 0) is 75.1 Å². The van der Waals surface area contributed by atoms with Crippen LogP contribution in [0, 0.1) is 20.8 Å². The van der Waals surface area contributed by atoms with Crippen LogP contribution in [0.3, 0.4) is 0 Å². The van der Waals surface area contributed by atoms with E-state index in [-0.39, 0.29) is 33.4 Å². The largest absolute Gasteiger partial charge is 0.490 e. The second-order valence-corrected chi connectivity index (χ2v) is 11.3. The monoisotopic (exact) mass is 602 g/mol. The van der Waals surface area contributed by atoms with Crippen LogP contribution in [0.2, 0.25) is 0 Å². The van der Waals surface area contributed by atoms with Gasteiger partial charge in [0, 0.05) is 0 Å². The number of thiazole rings is 1. The first kappa shape index (κ1) is 30.0. The fourth-order valence-corrected chi connectivity index (χ4v) is 6.01. The number of esters is 1. The van der Waals surface area contributed by atoms with E-state index in [2.05, 4.69) is 18.5 Å². The maximum Gasteiger partial charge on any atom is 0.350 e. The lowest BCUT2D eigenvalue weighted by Gasteiger charge is -2.23. The minimum absolute atomic E-state index is 0.0406. The Hall–Kier alpha value is -4.44. The number of rotatable bonds is 11. The van der Waals surface area contributed by atoms with Crippen LogP contribution in [0.4, 0.5) is 5.13 Å². The van der Waals surface area contributed by atoms with E-state index in [1.807, 2.05) is 26.8 Å². The van der Waals surface area contributed by atoms with Gasteiger partial charge in [0.15, 0.2) is 22.1 Å². The Labute approximate surface area is 253 Å². The fraction of sp³-hybridized carbons (Fsp3) is 0.333. The minimum Gasteiger partial charge on any atom is -0.490 e. The average molecular weight is 603 g/mol. The first-order valence-electron chi connectivity index (χ1n) is 14.3. The number of amides is 1. The number of anilines is 1. The zero-order valence-electron chi connectivity index (χ0n) is 24.9. The molecular weight excluding hydrogens is 568 g/mol. The van der Waals surface area contributed by atoms with E-state index in [0.717, 1.165) is 35.3 Å². The van der Waals surface area contributed by atoms with Gasteiger partial charge in [-0.2, -0.15) is 0 Å². The highest BCUT2D eigenvalue weighted by Crippen LogP contribution is 2.45. The van der Waals surface area contributed by atoms with Gasteiger partial charge in [0.2, 0.25) is 5.76 Å². The van der Waals surface area contributed by atoms with Crippen molar-refractivity contribution in [2.75, 3.05) is 24.7 Å². The molecule has 10 heteroatoms. The summed E-state index contributed by atoms with van der Waals surface area (Å²) in [7, 11) is 0. The van der Waals surface area contributed by atoms with Crippen molar-refractivity contribution in [3.63, 3.8) is 0 Å². The number of benzene rings is 2. The van der Waals surface area contributed by atoms with Crippen molar-refractivity contribution in [2.45, 2.75) is 53.5 Å². The van der Waals surface area contributed by atoms with Gasteiger partial charge in [0.1, 0.15) is 17.1 Å². The number of nitrogens with zero attached hydrogens (tertiary/aromatic N) is 2. The van der Waals surface area contributed by atoms with Gasteiger partial charge in [0.25, 0.3) is 5.91 Å². The van der Waals surface area contributed by atoms with Crippen molar-refractivity contribution in [1.29, 1.82) is 0 Å². The zero-order chi connectivity index (χ0) is 30.8. The quantitative estimate of drug-likeness (QED) is 0.104. The summed E-state index contributed by atoms with van der Waals surface area (Å²) in [5.41, 5.74) is 3.11. The molecule has 1 atom stereocenters. The van der Waals surface area contributed by atoms with Crippen LogP contribution in [0.1, 0.15) is 80.9 Å². The summed E-state index contributed by atoms with van der Waals surface area (Å²) in [5.74, 6) is -0.0875. The summed E-state index contributed by atoms with van der Waals surface area (Å²) in [6.45, 7) is 14.0. The Balaban J connectivity index is 1.71. The summed E-state index contributed by atoms with van der Waals surface area (Å²) < 4.78 is 23.3. The molecule has 1 aliphatic heterocycles. The van der Waals surface area contributed by atoms with Gasteiger partial charge in [-0.15, -0.1) is 0 Å². The summed E-state index contributed by atoms with van der Waals surface area (Å²) >= 11 is 1.02. The number of hydrogen-bond donors (Lipinski definition) is 0. The lowest BCUT2D eigenvalue weighted by molar-refractivity contribution is 0.0554. The molecular formula is C33H34N2O7S. The van der Waals surface area contributed by atoms with Crippen molar-refractivity contribution < 1.29 is 28.2 Å². The Kier molecular flexibility index (Phi) is 8.68. The van der Waals surface area contributed by atoms with Gasteiger partial charge in [-0.1, -0.05) is 43.4 Å². The molecule has 1 unspecified atom stereocenters. The molecule has 5 rings (SSSR count). The molecule has 0 saturated carbocycles. The van der Waals surface area contributed by atoms with Crippen LogP contribution >= 0.6 is 11.3 Å². The van der Waals surface area contributed by atoms with Crippen LogP contribution in [-0.2, 0) is 4.74 Å². The molecule has 0 saturated heterocycles. The summed E-state index contributed by atoms with van der Waals surface area (Å²) in [4.78, 5) is 47.3. The average Bonchev–Trinajstić information content (AvgIpc) is 3.51. The predicted octanol–water partition coefficient (Wildman–Crippen LogP) is 6.84. The van der Waals surface area contributed by atoms with E-state index >= 15 is 0 Å². The van der Waals surface area contributed by atoms with Gasteiger partial charge >= 0.3 is 5.97 Å². The molecule has 224 valence electrons. The van der Waals surface area contributed by atoms with Crippen LogP contribution in [0.15, 0.2) is 52.2 Å². The maximum atomic E-state index is 14.1. The van der Waals surface area contributed by atoms with Gasteiger partial charge in [0.05, 0.1) is 35.9 Å². The molecule has 1 aliphatic rings. The minimum atomic E-state index is -0.892. The first-order valence-corrected chi connectivity index (χ1v) is 15.1. The normalized spacial score (nSPS) is 14.2. The number of unbranched alkanes of at least 4 members (excludes halogenated alkanes) is 1. The molecule has 43 heavy (non-hydrogen) atoms. The van der Waals surface area contributed by atoms with E-state index in [4.69, 9.17) is 18.6 Å². The molecule has 0 spiro atoms. The van der Waals surface area contributed by atoms with Crippen molar-refractivity contribution in [3.05, 3.63) is 91.8 Å². The molecule has 4 aromatic rings. The van der Waals surface area contributed by atoms with E-state index in [0.29, 0.717) is 46.9 Å². The molecule has 9 nitrogen and oxygen atoms in total. The number of aryl methyl sites for hydroxylation is 3. The van der Waals surface area contributed by atoms with E-state index in [1.165, 1.54) is 11.0 Å². The Morgan fingerprint density at radius 3 is 2.58 bits per heavy atom. The van der Waals surface area contributed by atoms with Crippen molar-refractivity contribution in [2.24, 2.45) is 0 Å². The second kappa shape index (κ2) is 12.4. The lowest BCUT2D eigenvalue weighted by atomic mass is 9.97. The molecule has 1 amide bonds. The maximum absolute atomic E-state index is 14.1. The van der Waals surface area contributed by atoms with Gasteiger partial charge in [-0.3, -0.25) is 14.5 Å². The number of ether oxygens (including phenoxy) is 3. The van der Waals surface area contributed by atoms with Crippen LogP contribution in [-0.4, -0.2) is 36.7 Å². The van der Waals surface area contributed by atoms with Gasteiger partial charge < -0.3 is 18.6 Å². The highest BCUT2D eigenvalue weighted by Gasteiger charge is 2.45. The summed E-state index contributed by atoms with van der Waals surface area (Å²) in [6, 6.07) is 8.06. The third kappa shape index (κ3) is 5.54. The van der Waals surface area contributed by atoms with E-state index in [9.17, 15) is 14.4 Å². The van der Waals surface area contributed by atoms with E-state index < -0.39 is 17.9 Å². The molecule has 0 fully saturated rings. The number of aromatic nitrogens is 1. The van der Waals surface area contributed by atoms with Crippen molar-refractivity contribution in [3.8, 4) is 11.5 Å². The standard InChI is InChI=1S/C33H34N2O7S/c1-7-10-14-40-23-12-11-21(17-25(23)39-9-3)27-26-28(36)22-15-18(4)19(5)16-24(22)42-29(26)31(37)35(27)33-34-20(6)30(43-33)32(38)41-13-8-2/h8,11-12,15-17,27H,2,7,9-10,13-14H2,1,3-6H3. The van der Waals surface area contributed by atoms with Crippen LogP contribution in [0.25, 0.3) is 11.0 Å². The summed E-state index contributed by atoms with van der Waals surface area (Å²) in [5, 5.41) is 0.622. The first-order chi connectivity index (χ1) is 20.7. The highest BCUT2D eigenvalue weighted by molar-refractivity contribution is 7.17. The molecule has 0 aliphatic carbocycles. The van der Waals surface area contributed by atoms with Crippen molar-refractivity contribution in [1.82, 2.24) is 4.98 Å². The fourth-order valence-electron chi connectivity index (χ4n) is 5.02. The molecule has 0 N–H and O–H groups in total. The SMILES string of the molecule is C=CCOC(=O)c1sc(N2C(=O)c3oc4cc(C)c(C)cc4c(=O)c3C2c2ccc(OCCCC)c(OCC)c2)nc1C. The second-order valence-electron chi connectivity index (χ2n) is 10.3. The third-order valence-electron chi connectivity index (χ3n) is 7.33. The molecule has 0 radical (unpaired) electrons. The zero-order valence-corrected chi connectivity index (χ0v) is 25.8. The Bertz CT molecular complexity index is 1790. The number of carbonyl (C=O) groups is 2. The third-order valence-corrected chi connectivity index (χ3v) is 8.47. The lowest BCUT2D eigenvalue weighted by Crippen LogP contribution is -2.29. The topological polar surface area (TPSA) is 108 Å². The molecule has 3 heterocycles. The predicted molar refractivity (Wildman–Crippen MR) is 166 cm³/mol. The number of carbonyl (C=O) groups excluding carboxylic acids is 2. The smallest absolute Gasteiger partial charge is 0.350 e. The highest BCUT2D eigenvalue weighted by atomic mass is 32.1.